The van der Waals surface area contributed by atoms with Gasteiger partial charge in [-0.2, -0.15) is 0 Å². The molecule has 17 heavy (non-hydrogen) atoms. The predicted molar refractivity (Wildman–Crippen MR) is 65.4 cm³/mol. The maximum Gasteiger partial charge on any atom is 0.263 e. The third kappa shape index (κ3) is 0.958. The van der Waals surface area contributed by atoms with Gasteiger partial charge in [0.25, 0.3) is 5.56 Å². The minimum absolute atomic E-state index is 0.0451. The fraction of sp³-hybridized carbons (Fsp3) is 0.308. The number of hydrogen-bond donors (Lipinski definition) is 0. The molecule has 0 fully saturated rings. The van der Waals surface area contributed by atoms with Crippen LogP contribution >= 0.6 is 0 Å². The summed E-state index contributed by atoms with van der Waals surface area (Å²) in [5.41, 5.74) is 1.54. The first-order valence-electron chi connectivity index (χ1n) is 5.80. The van der Waals surface area contributed by atoms with Crippen molar-refractivity contribution in [3.05, 3.63) is 40.4 Å². The summed E-state index contributed by atoms with van der Waals surface area (Å²) >= 11 is 0. The number of nitrogens with zero attached hydrogens (tertiary/aromatic N) is 3. The fourth-order valence-corrected chi connectivity index (χ4v) is 2.82. The van der Waals surface area contributed by atoms with Gasteiger partial charge < -0.3 is 0 Å². The zero-order valence-electron chi connectivity index (χ0n) is 9.47. The van der Waals surface area contributed by atoms with Gasteiger partial charge in [-0.15, -0.1) is 0 Å². The molecule has 2 aliphatic heterocycles. The van der Waals surface area contributed by atoms with Gasteiger partial charge >= 0.3 is 0 Å². The molecule has 0 N–H and O–H groups in total. The molecule has 4 heteroatoms. The number of benzene rings is 1. The van der Waals surface area contributed by atoms with Crippen LogP contribution in [0.25, 0.3) is 10.9 Å². The summed E-state index contributed by atoms with van der Waals surface area (Å²) in [5.74, 6) is 0.870. The Balaban J connectivity index is 2.12. The standard InChI is InChI=1S/C13H11N3O/c1-8-13(15-8)7-6-11-14-10-5-3-2-4-9(10)12(17)16(11)13/h2-5H,6-7H2,1H3. The molecule has 1 spiro atoms. The van der Waals surface area contributed by atoms with E-state index in [0.717, 1.165) is 29.9 Å². The minimum atomic E-state index is -0.344. The third-order valence-electron chi connectivity index (χ3n) is 3.79. The van der Waals surface area contributed by atoms with Crippen LogP contribution in [0.5, 0.6) is 0 Å². The van der Waals surface area contributed by atoms with Crippen LogP contribution in [0.4, 0.5) is 0 Å². The summed E-state index contributed by atoms with van der Waals surface area (Å²) in [6.45, 7) is 1.98. The van der Waals surface area contributed by atoms with E-state index >= 15 is 0 Å². The van der Waals surface area contributed by atoms with Gasteiger partial charge in [0.15, 0.2) is 5.66 Å². The molecule has 3 heterocycles. The Morgan fingerprint density at radius 2 is 2.12 bits per heavy atom. The average molecular weight is 225 g/mol. The van der Waals surface area contributed by atoms with E-state index in [1.165, 1.54) is 0 Å². The molecule has 4 nitrogen and oxygen atoms in total. The van der Waals surface area contributed by atoms with E-state index in [-0.39, 0.29) is 11.2 Å². The van der Waals surface area contributed by atoms with Crippen molar-refractivity contribution < 1.29 is 0 Å². The molecular formula is C13H11N3O. The van der Waals surface area contributed by atoms with Gasteiger partial charge in [0.2, 0.25) is 0 Å². The average Bonchev–Trinajstić information content (AvgIpc) is 2.81. The lowest BCUT2D eigenvalue weighted by atomic mass is 10.1. The minimum Gasteiger partial charge on any atom is -0.268 e. The highest BCUT2D eigenvalue weighted by molar-refractivity contribution is 6.01. The normalized spacial score (nSPS) is 25.1. The van der Waals surface area contributed by atoms with Crippen LogP contribution in [0.15, 0.2) is 34.1 Å². The predicted octanol–water partition coefficient (Wildman–Crippen LogP) is 1.47. The van der Waals surface area contributed by atoms with Crippen LogP contribution in [0.3, 0.4) is 0 Å². The maximum atomic E-state index is 12.5. The monoisotopic (exact) mass is 225 g/mol. The van der Waals surface area contributed by atoms with Crippen molar-refractivity contribution in [2.45, 2.75) is 25.4 Å². The first-order chi connectivity index (χ1) is 8.22. The number of rotatable bonds is 0. The highest BCUT2D eigenvalue weighted by Gasteiger charge is 2.51. The summed E-state index contributed by atoms with van der Waals surface area (Å²) in [7, 11) is 0. The van der Waals surface area contributed by atoms with Gasteiger partial charge in [0.05, 0.1) is 16.6 Å². The fourth-order valence-electron chi connectivity index (χ4n) is 2.82. The van der Waals surface area contributed by atoms with Crippen molar-refractivity contribution in [1.82, 2.24) is 9.55 Å². The van der Waals surface area contributed by atoms with Crippen molar-refractivity contribution in [1.29, 1.82) is 0 Å². The Hall–Kier alpha value is -1.97. The molecule has 0 saturated heterocycles. The number of aryl methyl sites for hydroxylation is 1. The lowest BCUT2D eigenvalue weighted by Crippen LogP contribution is -2.32. The van der Waals surface area contributed by atoms with E-state index in [2.05, 4.69) is 9.98 Å². The van der Waals surface area contributed by atoms with Crippen LogP contribution in [0.1, 0.15) is 19.2 Å². The topological polar surface area (TPSA) is 47.2 Å². The maximum absolute atomic E-state index is 12.5. The molecule has 1 atom stereocenters. The first kappa shape index (κ1) is 9.10. The number of aromatic nitrogens is 2. The number of fused-ring (bicyclic) bond motifs is 3. The Labute approximate surface area is 97.6 Å². The summed E-state index contributed by atoms with van der Waals surface area (Å²) in [6, 6.07) is 7.51. The number of aliphatic imine (C=N–C) groups is 1. The Morgan fingerprint density at radius 3 is 2.88 bits per heavy atom. The Bertz CT molecular complexity index is 744. The molecule has 4 rings (SSSR count). The van der Waals surface area contributed by atoms with Crippen molar-refractivity contribution in [3.8, 4) is 0 Å². The zero-order chi connectivity index (χ0) is 11.6. The highest BCUT2D eigenvalue weighted by Crippen LogP contribution is 2.42. The zero-order valence-corrected chi connectivity index (χ0v) is 9.47. The highest BCUT2D eigenvalue weighted by atomic mass is 16.1. The van der Waals surface area contributed by atoms with Crippen LogP contribution in [-0.4, -0.2) is 15.3 Å². The van der Waals surface area contributed by atoms with E-state index in [4.69, 9.17) is 0 Å². The van der Waals surface area contributed by atoms with Crippen LogP contribution in [-0.2, 0) is 12.1 Å². The van der Waals surface area contributed by atoms with E-state index in [1.54, 1.807) is 4.57 Å². The van der Waals surface area contributed by atoms with Crippen LogP contribution < -0.4 is 5.56 Å². The third-order valence-corrected chi connectivity index (χ3v) is 3.79. The summed E-state index contributed by atoms with van der Waals surface area (Å²) in [6.07, 6.45) is 1.72. The molecule has 2 aliphatic rings. The quantitative estimate of drug-likeness (QED) is 0.681. The second kappa shape index (κ2) is 2.64. The summed E-state index contributed by atoms with van der Waals surface area (Å²) < 4.78 is 1.78. The molecule has 1 aromatic carbocycles. The van der Waals surface area contributed by atoms with Crippen LogP contribution in [0.2, 0.25) is 0 Å². The summed E-state index contributed by atoms with van der Waals surface area (Å²) in [4.78, 5) is 21.5. The smallest absolute Gasteiger partial charge is 0.263 e. The van der Waals surface area contributed by atoms with Crippen molar-refractivity contribution in [2.24, 2.45) is 4.99 Å². The Morgan fingerprint density at radius 1 is 1.35 bits per heavy atom. The molecule has 0 aliphatic carbocycles. The molecule has 1 unspecified atom stereocenters. The number of para-hydroxylation sites is 1. The van der Waals surface area contributed by atoms with Gasteiger partial charge in [0.1, 0.15) is 5.82 Å². The molecule has 2 aromatic rings. The molecular weight excluding hydrogens is 214 g/mol. The van der Waals surface area contributed by atoms with Crippen molar-refractivity contribution in [2.75, 3.05) is 0 Å². The largest absolute Gasteiger partial charge is 0.268 e. The van der Waals surface area contributed by atoms with Crippen molar-refractivity contribution >= 4 is 16.6 Å². The molecule has 0 saturated carbocycles. The molecule has 0 radical (unpaired) electrons. The lowest BCUT2D eigenvalue weighted by molar-refractivity contribution is 0.512. The van der Waals surface area contributed by atoms with Gasteiger partial charge in [-0.3, -0.25) is 14.4 Å². The van der Waals surface area contributed by atoms with Gasteiger partial charge in [-0.05, 0) is 19.1 Å². The first-order valence-corrected chi connectivity index (χ1v) is 5.80. The second-order valence-corrected chi connectivity index (χ2v) is 4.70. The summed E-state index contributed by atoms with van der Waals surface area (Å²) in [5, 5.41) is 0.687. The number of hydrogen-bond acceptors (Lipinski definition) is 3. The Kier molecular flexibility index (Phi) is 1.41. The van der Waals surface area contributed by atoms with Crippen molar-refractivity contribution in [3.63, 3.8) is 0 Å². The molecule has 0 bridgehead atoms. The van der Waals surface area contributed by atoms with E-state index < -0.39 is 0 Å². The van der Waals surface area contributed by atoms with E-state index in [0.29, 0.717) is 5.39 Å². The lowest BCUT2D eigenvalue weighted by Gasteiger charge is -2.12. The second-order valence-electron chi connectivity index (χ2n) is 4.70. The van der Waals surface area contributed by atoms with Gasteiger partial charge in [-0.1, -0.05) is 12.1 Å². The molecule has 0 amide bonds. The van der Waals surface area contributed by atoms with Gasteiger partial charge in [-0.25, -0.2) is 4.98 Å². The van der Waals surface area contributed by atoms with Gasteiger partial charge in [0, 0.05) is 12.8 Å². The van der Waals surface area contributed by atoms with E-state index in [9.17, 15) is 4.79 Å². The molecule has 84 valence electrons. The van der Waals surface area contributed by atoms with Crippen LogP contribution in [0, 0.1) is 0 Å². The SMILES string of the molecule is CC1=NC12CCc1nc3ccccc3c(=O)n12. The van der Waals surface area contributed by atoms with E-state index in [1.807, 2.05) is 31.2 Å². The molecule has 1 aromatic heterocycles.